The van der Waals surface area contributed by atoms with E-state index in [2.05, 4.69) is 0 Å². The highest BCUT2D eigenvalue weighted by Crippen LogP contribution is 2.28. The molecule has 1 heterocycles. The van der Waals surface area contributed by atoms with E-state index in [9.17, 15) is 9.59 Å². The molecule has 0 aliphatic carbocycles. The van der Waals surface area contributed by atoms with Crippen molar-refractivity contribution in [3.63, 3.8) is 0 Å². The molecule has 1 fully saturated rings. The van der Waals surface area contributed by atoms with Gasteiger partial charge in [-0.1, -0.05) is 30.3 Å². The number of rotatable bonds is 5. The average molecular weight is 261 g/mol. The van der Waals surface area contributed by atoms with Crippen LogP contribution in [0, 0.1) is 5.92 Å². The van der Waals surface area contributed by atoms with Crippen molar-refractivity contribution >= 4 is 11.7 Å². The number of methoxy groups -OCH3 is 1. The zero-order chi connectivity index (χ0) is 13.8. The Morgan fingerprint density at radius 1 is 1.42 bits per heavy atom. The summed E-state index contributed by atoms with van der Waals surface area (Å²) < 4.78 is 4.85. The Morgan fingerprint density at radius 3 is 2.74 bits per heavy atom. The number of carbonyl (C=O) groups excluding carboxylic acids is 2. The first kappa shape index (κ1) is 13.7. The van der Waals surface area contributed by atoms with Gasteiger partial charge in [-0.2, -0.15) is 0 Å². The third-order valence-corrected chi connectivity index (χ3v) is 3.65. The number of hydrogen-bond acceptors (Lipinski definition) is 3. The maximum Gasteiger partial charge on any atom is 0.223 e. The summed E-state index contributed by atoms with van der Waals surface area (Å²) in [6, 6.07) is 9.88. The number of carbonyl (C=O) groups is 2. The monoisotopic (exact) mass is 261 g/mol. The summed E-state index contributed by atoms with van der Waals surface area (Å²) in [5, 5.41) is 0. The lowest BCUT2D eigenvalue weighted by Gasteiger charge is -2.25. The Hall–Kier alpha value is -1.68. The largest absolute Gasteiger partial charge is 0.377 e. The van der Waals surface area contributed by atoms with Crippen LogP contribution in [0.1, 0.15) is 24.9 Å². The van der Waals surface area contributed by atoms with Crippen LogP contribution in [0.25, 0.3) is 0 Å². The highest BCUT2D eigenvalue weighted by molar-refractivity contribution is 5.91. The number of ketones is 1. The normalized spacial score (nSPS) is 20.6. The zero-order valence-electron chi connectivity index (χ0n) is 11.3. The van der Waals surface area contributed by atoms with Crippen LogP contribution in [0.15, 0.2) is 30.3 Å². The summed E-state index contributed by atoms with van der Waals surface area (Å²) in [5.41, 5.74) is 1.09. The molecular formula is C15H19NO3. The van der Waals surface area contributed by atoms with Crippen molar-refractivity contribution in [3.8, 4) is 0 Å². The van der Waals surface area contributed by atoms with Crippen LogP contribution in [-0.4, -0.2) is 36.9 Å². The number of hydrogen-bond donors (Lipinski definition) is 0. The SMILES string of the molecule is COCC(=O)[C@@H]1CC(=O)N([C@H](C)c2ccccc2)C1. The Bertz CT molecular complexity index is 458. The molecule has 102 valence electrons. The van der Waals surface area contributed by atoms with Gasteiger partial charge in [0.05, 0.1) is 6.04 Å². The molecule has 0 spiro atoms. The second-order valence-electron chi connectivity index (χ2n) is 4.93. The fourth-order valence-electron chi connectivity index (χ4n) is 2.49. The Kier molecular flexibility index (Phi) is 4.32. The fourth-order valence-corrected chi connectivity index (χ4v) is 2.49. The number of nitrogens with zero attached hydrogens (tertiary/aromatic N) is 1. The van der Waals surface area contributed by atoms with E-state index in [1.54, 1.807) is 4.90 Å². The molecule has 0 aromatic heterocycles. The molecule has 0 N–H and O–H groups in total. The van der Waals surface area contributed by atoms with Gasteiger partial charge in [0, 0.05) is 26.0 Å². The molecule has 1 aliphatic rings. The maximum absolute atomic E-state index is 12.0. The quantitative estimate of drug-likeness (QED) is 0.812. The van der Waals surface area contributed by atoms with Gasteiger partial charge in [0.15, 0.2) is 5.78 Å². The first-order valence-electron chi connectivity index (χ1n) is 6.49. The van der Waals surface area contributed by atoms with Gasteiger partial charge in [-0.15, -0.1) is 0 Å². The number of amides is 1. The summed E-state index contributed by atoms with van der Waals surface area (Å²) in [6.45, 7) is 2.58. The third kappa shape index (κ3) is 3.01. The lowest BCUT2D eigenvalue weighted by Crippen LogP contribution is -2.29. The molecule has 4 nitrogen and oxygen atoms in total. The predicted molar refractivity (Wildman–Crippen MR) is 71.6 cm³/mol. The molecule has 0 unspecified atom stereocenters. The number of ether oxygens (including phenoxy) is 1. The van der Waals surface area contributed by atoms with E-state index in [1.807, 2.05) is 37.3 Å². The van der Waals surface area contributed by atoms with E-state index in [4.69, 9.17) is 4.74 Å². The van der Waals surface area contributed by atoms with Crippen molar-refractivity contribution in [2.45, 2.75) is 19.4 Å². The lowest BCUT2D eigenvalue weighted by atomic mass is 10.0. The van der Waals surface area contributed by atoms with Crippen molar-refractivity contribution < 1.29 is 14.3 Å². The number of benzene rings is 1. The van der Waals surface area contributed by atoms with Gasteiger partial charge < -0.3 is 9.64 Å². The van der Waals surface area contributed by atoms with Gasteiger partial charge in [0.2, 0.25) is 5.91 Å². The van der Waals surface area contributed by atoms with E-state index in [0.29, 0.717) is 13.0 Å². The Labute approximate surface area is 113 Å². The Balaban J connectivity index is 2.06. The van der Waals surface area contributed by atoms with Crippen LogP contribution in [0.5, 0.6) is 0 Å². The lowest BCUT2D eigenvalue weighted by molar-refractivity contribution is -0.130. The summed E-state index contributed by atoms with van der Waals surface area (Å²) in [6.07, 6.45) is 0.305. The Morgan fingerprint density at radius 2 is 2.11 bits per heavy atom. The predicted octanol–water partition coefficient (Wildman–Crippen LogP) is 1.81. The summed E-state index contributed by atoms with van der Waals surface area (Å²) in [4.78, 5) is 25.6. The molecule has 1 aliphatic heterocycles. The molecule has 2 atom stereocenters. The first-order valence-corrected chi connectivity index (χ1v) is 6.49. The number of Topliss-reactive ketones (excluding diaryl/α,β-unsaturated/α-hetero) is 1. The van der Waals surface area contributed by atoms with Crippen LogP contribution in [0.3, 0.4) is 0 Å². The standard InChI is InChI=1S/C15H19NO3/c1-11(12-6-4-3-5-7-12)16-9-13(8-15(16)18)14(17)10-19-2/h3-7,11,13H,8-10H2,1-2H3/t11-,13-/m1/s1. The molecule has 0 bridgehead atoms. The first-order chi connectivity index (χ1) is 9.13. The van der Waals surface area contributed by atoms with E-state index in [1.165, 1.54) is 7.11 Å². The van der Waals surface area contributed by atoms with Crippen LogP contribution in [0.4, 0.5) is 0 Å². The van der Waals surface area contributed by atoms with Crippen LogP contribution in [0.2, 0.25) is 0 Å². The van der Waals surface area contributed by atoms with E-state index in [-0.39, 0.29) is 30.3 Å². The van der Waals surface area contributed by atoms with Crippen molar-refractivity contribution in [3.05, 3.63) is 35.9 Å². The molecule has 19 heavy (non-hydrogen) atoms. The summed E-state index contributed by atoms with van der Waals surface area (Å²) >= 11 is 0. The molecule has 0 saturated carbocycles. The topological polar surface area (TPSA) is 46.6 Å². The number of likely N-dealkylation sites (tertiary alicyclic amines) is 1. The molecule has 1 aromatic rings. The van der Waals surface area contributed by atoms with Crippen molar-refractivity contribution in [2.75, 3.05) is 20.3 Å². The van der Waals surface area contributed by atoms with Gasteiger partial charge in [0.25, 0.3) is 0 Å². The van der Waals surface area contributed by atoms with Gasteiger partial charge in [-0.3, -0.25) is 9.59 Å². The average Bonchev–Trinajstić information content (AvgIpc) is 2.81. The summed E-state index contributed by atoms with van der Waals surface area (Å²) in [5.74, 6) is -0.164. The van der Waals surface area contributed by atoms with Gasteiger partial charge in [0.1, 0.15) is 6.61 Å². The minimum atomic E-state index is -0.224. The minimum Gasteiger partial charge on any atom is -0.377 e. The van der Waals surface area contributed by atoms with Gasteiger partial charge >= 0.3 is 0 Å². The second kappa shape index (κ2) is 5.97. The molecule has 1 amide bonds. The maximum atomic E-state index is 12.0. The summed E-state index contributed by atoms with van der Waals surface area (Å²) in [7, 11) is 1.50. The molecule has 2 rings (SSSR count). The molecular weight excluding hydrogens is 242 g/mol. The highest BCUT2D eigenvalue weighted by atomic mass is 16.5. The van der Waals surface area contributed by atoms with E-state index >= 15 is 0 Å². The van der Waals surface area contributed by atoms with Crippen molar-refractivity contribution in [1.82, 2.24) is 4.90 Å². The van der Waals surface area contributed by atoms with E-state index in [0.717, 1.165) is 5.56 Å². The fraction of sp³-hybridized carbons (Fsp3) is 0.467. The van der Waals surface area contributed by atoms with Gasteiger partial charge in [-0.05, 0) is 12.5 Å². The van der Waals surface area contributed by atoms with E-state index < -0.39 is 0 Å². The van der Waals surface area contributed by atoms with Crippen LogP contribution in [-0.2, 0) is 14.3 Å². The second-order valence-corrected chi connectivity index (χ2v) is 4.93. The molecule has 1 saturated heterocycles. The molecule has 4 heteroatoms. The third-order valence-electron chi connectivity index (χ3n) is 3.65. The molecule has 1 aromatic carbocycles. The molecule has 0 radical (unpaired) electrons. The van der Waals surface area contributed by atoms with Crippen molar-refractivity contribution in [1.29, 1.82) is 0 Å². The smallest absolute Gasteiger partial charge is 0.223 e. The highest BCUT2D eigenvalue weighted by Gasteiger charge is 2.36. The minimum absolute atomic E-state index is 0.00837. The zero-order valence-corrected chi connectivity index (χ0v) is 11.3. The van der Waals surface area contributed by atoms with Crippen molar-refractivity contribution in [2.24, 2.45) is 5.92 Å². The van der Waals surface area contributed by atoms with Crippen LogP contribution < -0.4 is 0 Å². The van der Waals surface area contributed by atoms with Gasteiger partial charge in [-0.25, -0.2) is 0 Å². The van der Waals surface area contributed by atoms with Crippen LogP contribution >= 0.6 is 0 Å².